The number of carbonyl (C=O) groups is 1. The first kappa shape index (κ1) is 10.8. The molecule has 1 aliphatic heterocycles. The van der Waals surface area contributed by atoms with Gasteiger partial charge in [0.1, 0.15) is 5.60 Å². The Morgan fingerprint density at radius 2 is 2.12 bits per heavy atom. The van der Waals surface area contributed by atoms with Crippen LogP contribution in [0.2, 0.25) is 0 Å². The number of amides is 1. The zero-order valence-corrected chi connectivity index (χ0v) is 9.78. The smallest absolute Gasteiger partial charge is 0.230 e. The number of hydrogen-bond donors (Lipinski definition) is 1. The van der Waals surface area contributed by atoms with Gasteiger partial charge in [0.05, 0.1) is 17.8 Å². The lowest BCUT2D eigenvalue weighted by Crippen LogP contribution is -2.34. The van der Waals surface area contributed by atoms with Crippen molar-refractivity contribution in [2.45, 2.75) is 25.9 Å². The number of para-hydroxylation sites is 1. The summed E-state index contributed by atoms with van der Waals surface area (Å²) >= 11 is 0. The van der Waals surface area contributed by atoms with E-state index in [0.717, 1.165) is 5.69 Å². The summed E-state index contributed by atoms with van der Waals surface area (Å²) in [6.45, 7) is 3.78. The summed E-state index contributed by atoms with van der Waals surface area (Å²) in [5, 5.41) is 0. The molecule has 0 saturated carbocycles. The van der Waals surface area contributed by atoms with Crippen molar-refractivity contribution in [3.63, 3.8) is 0 Å². The Labute approximate surface area is 95.0 Å². The highest BCUT2D eigenvalue weighted by Crippen LogP contribution is 2.39. The van der Waals surface area contributed by atoms with Crippen molar-refractivity contribution < 1.29 is 9.53 Å². The van der Waals surface area contributed by atoms with E-state index in [1.807, 2.05) is 26.0 Å². The number of anilines is 2. The molecule has 0 atom stereocenters. The Morgan fingerprint density at radius 1 is 1.44 bits per heavy atom. The van der Waals surface area contributed by atoms with Gasteiger partial charge >= 0.3 is 0 Å². The molecule has 2 rings (SSSR count). The molecule has 16 heavy (non-hydrogen) atoms. The summed E-state index contributed by atoms with van der Waals surface area (Å²) in [5.74, 6) is 0.634. The molecule has 1 aromatic carbocycles. The van der Waals surface area contributed by atoms with E-state index in [4.69, 9.17) is 10.5 Å². The van der Waals surface area contributed by atoms with Gasteiger partial charge in [-0.3, -0.25) is 4.79 Å². The summed E-state index contributed by atoms with van der Waals surface area (Å²) in [7, 11) is 1.74. The number of benzene rings is 1. The van der Waals surface area contributed by atoms with Gasteiger partial charge < -0.3 is 15.4 Å². The predicted octanol–water partition coefficient (Wildman–Crippen LogP) is 1.79. The van der Waals surface area contributed by atoms with Crippen LogP contribution in [-0.4, -0.2) is 18.6 Å². The van der Waals surface area contributed by atoms with Gasteiger partial charge in [-0.05, 0) is 26.0 Å². The first-order valence-corrected chi connectivity index (χ1v) is 5.25. The van der Waals surface area contributed by atoms with E-state index in [9.17, 15) is 4.79 Å². The van der Waals surface area contributed by atoms with E-state index in [1.54, 1.807) is 18.0 Å². The van der Waals surface area contributed by atoms with E-state index >= 15 is 0 Å². The number of carbonyl (C=O) groups excluding carboxylic acids is 1. The molecule has 0 unspecified atom stereocenters. The van der Waals surface area contributed by atoms with Crippen molar-refractivity contribution in [3.05, 3.63) is 18.2 Å². The molecule has 4 nitrogen and oxygen atoms in total. The van der Waals surface area contributed by atoms with Crippen LogP contribution in [0.25, 0.3) is 0 Å². The second-order valence-corrected chi connectivity index (χ2v) is 4.69. The van der Waals surface area contributed by atoms with Crippen LogP contribution in [0.15, 0.2) is 18.2 Å². The third-order valence-electron chi connectivity index (χ3n) is 2.72. The van der Waals surface area contributed by atoms with Gasteiger partial charge in [0, 0.05) is 7.05 Å². The SMILES string of the molecule is CN1C(=O)CC(C)(C)Oc2c(N)cccc21. The maximum atomic E-state index is 11.9. The zero-order chi connectivity index (χ0) is 11.9. The second-order valence-electron chi connectivity index (χ2n) is 4.69. The average Bonchev–Trinajstić information content (AvgIpc) is 2.26. The van der Waals surface area contributed by atoms with Crippen LogP contribution < -0.4 is 15.4 Å². The Hall–Kier alpha value is -1.71. The molecule has 0 fully saturated rings. The number of ether oxygens (including phenoxy) is 1. The van der Waals surface area contributed by atoms with Gasteiger partial charge in [0.2, 0.25) is 5.91 Å². The van der Waals surface area contributed by atoms with E-state index in [-0.39, 0.29) is 5.91 Å². The van der Waals surface area contributed by atoms with Crippen LogP contribution in [0, 0.1) is 0 Å². The standard InChI is InChI=1S/C12H16N2O2/c1-12(2)7-10(15)14(3)9-6-4-5-8(13)11(9)16-12/h4-6H,7,13H2,1-3H3. The maximum Gasteiger partial charge on any atom is 0.230 e. The van der Waals surface area contributed by atoms with Gasteiger partial charge in [-0.1, -0.05) is 6.07 Å². The molecule has 1 amide bonds. The lowest BCUT2D eigenvalue weighted by atomic mass is 10.1. The average molecular weight is 220 g/mol. The molecular formula is C12H16N2O2. The number of nitrogen functional groups attached to an aromatic ring is 1. The van der Waals surface area contributed by atoms with Gasteiger partial charge in [0.25, 0.3) is 0 Å². The van der Waals surface area contributed by atoms with Crippen molar-refractivity contribution in [1.82, 2.24) is 0 Å². The van der Waals surface area contributed by atoms with Crippen LogP contribution in [0.4, 0.5) is 11.4 Å². The molecule has 0 spiro atoms. The Balaban J connectivity index is 2.58. The number of fused-ring (bicyclic) bond motifs is 1. The number of nitrogens with zero attached hydrogens (tertiary/aromatic N) is 1. The highest BCUT2D eigenvalue weighted by molar-refractivity contribution is 5.97. The molecular weight excluding hydrogens is 204 g/mol. The quantitative estimate of drug-likeness (QED) is 0.678. The van der Waals surface area contributed by atoms with E-state index in [1.165, 1.54) is 0 Å². The Bertz CT molecular complexity index is 441. The summed E-state index contributed by atoms with van der Waals surface area (Å²) in [4.78, 5) is 13.5. The van der Waals surface area contributed by atoms with E-state index in [0.29, 0.717) is 17.9 Å². The van der Waals surface area contributed by atoms with Gasteiger partial charge in [0.15, 0.2) is 5.75 Å². The molecule has 0 bridgehead atoms. The summed E-state index contributed by atoms with van der Waals surface area (Å²) in [6, 6.07) is 5.43. The van der Waals surface area contributed by atoms with Gasteiger partial charge in [-0.15, -0.1) is 0 Å². The van der Waals surface area contributed by atoms with Crippen LogP contribution in [0.5, 0.6) is 5.75 Å². The van der Waals surface area contributed by atoms with Gasteiger partial charge in [-0.2, -0.15) is 0 Å². The minimum atomic E-state index is -0.522. The van der Waals surface area contributed by atoms with Crippen LogP contribution >= 0.6 is 0 Å². The van der Waals surface area contributed by atoms with Crippen LogP contribution in [-0.2, 0) is 4.79 Å². The Kier molecular flexibility index (Phi) is 2.30. The normalized spacial score (nSPS) is 18.7. The monoisotopic (exact) mass is 220 g/mol. The Morgan fingerprint density at radius 3 is 2.81 bits per heavy atom. The predicted molar refractivity (Wildman–Crippen MR) is 63.6 cm³/mol. The molecule has 4 heteroatoms. The fourth-order valence-corrected chi connectivity index (χ4v) is 1.85. The summed E-state index contributed by atoms with van der Waals surface area (Å²) in [5.41, 5.74) is 6.65. The van der Waals surface area contributed by atoms with E-state index < -0.39 is 5.60 Å². The topological polar surface area (TPSA) is 55.6 Å². The molecule has 0 saturated heterocycles. The van der Waals surface area contributed by atoms with Crippen molar-refractivity contribution in [2.75, 3.05) is 17.7 Å². The maximum absolute atomic E-state index is 11.9. The molecule has 2 N–H and O–H groups in total. The fraction of sp³-hybridized carbons (Fsp3) is 0.417. The molecule has 1 aromatic rings. The third-order valence-corrected chi connectivity index (χ3v) is 2.72. The van der Waals surface area contributed by atoms with Crippen molar-refractivity contribution in [3.8, 4) is 5.75 Å². The first-order chi connectivity index (χ1) is 7.41. The number of hydrogen-bond acceptors (Lipinski definition) is 3. The number of rotatable bonds is 0. The van der Waals surface area contributed by atoms with Gasteiger partial charge in [-0.25, -0.2) is 0 Å². The highest BCUT2D eigenvalue weighted by atomic mass is 16.5. The fourth-order valence-electron chi connectivity index (χ4n) is 1.85. The minimum Gasteiger partial charge on any atom is -0.483 e. The number of nitrogens with two attached hydrogens (primary N) is 1. The third kappa shape index (κ3) is 1.71. The highest BCUT2D eigenvalue weighted by Gasteiger charge is 2.32. The minimum absolute atomic E-state index is 0.0364. The first-order valence-electron chi connectivity index (χ1n) is 5.25. The molecule has 1 heterocycles. The summed E-state index contributed by atoms with van der Waals surface area (Å²) in [6.07, 6.45) is 0.345. The van der Waals surface area contributed by atoms with Crippen molar-refractivity contribution >= 4 is 17.3 Å². The molecule has 1 aliphatic rings. The lowest BCUT2D eigenvalue weighted by molar-refractivity contribution is -0.120. The lowest BCUT2D eigenvalue weighted by Gasteiger charge is -2.23. The molecule has 0 aliphatic carbocycles. The summed E-state index contributed by atoms with van der Waals surface area (Å²) < 4.78 is 5.83. The molecule has 0 radical (unpaired) electrons. The zero-order valence-electron chi connectivity index (χ0n) is 9.78. The van der Waals surface area contributed by atoms with E-state index in [2.05, 4.69) is 0 Å². The van der Waals surface area contributed by atoms with Crippen molar-refractivity contribution in [2.24, 2.45) is 0 Å². The van der Waals surface area contributed by atoms with Crippen LogP contribution in [0.1, 0.15) is 20.3 Å². The molecule has 0 aromatic heterocycles. The van der Waals surface area contributed by atoms with Crippen molar-refractivity contribution in [1.29, 1.82) is 0 Å². The van der Waals surface area contributed by atoms with Crippen LogP contribution in [0.3, 0.4) is 0 Å². The largest absolute Gasteiger partial charge is 0.483 e. The molecule has 86 valence electrons. The second kappa shape index (κ2) is 3.40.